The van der Waals surface area contributed by atoms with E-state index in [1.54, 1.807) is 0 Å². The number of halogens is 1. The summed E-state index contributed by atoms with van der Waals surface area (Å²) in [5, 5.41) is 0. The van der Waals surface area contributed by atoms with Gasteiger partial charge >= 0.3 is 0 Å². The minimum Gasteiger partial charge on any atom is -0.486 e. The lowest BCUT2D eigenvalue weighted by Gasteiger charge is -2.22. The van der Waals surface area contributed by atoms with Gasteiger partial charge in [-0.05, 0) is 40.0 Å². The average Bonchev–Trinajstić information content (AvgIpc) is 2.75. The van der Waals surface area contributed by atoms with Crippen molar-refractivity contribution in [3.63, 3.8) is 0 Å². The fourth-order valence-electron chi connectivity index (χ4n) is 2.24. The Labute approximate surface area is 108 Å². The molecule has 0 aromatic heterocycles. The molecule has 0 aliphatic carbocycles. The molecule has 0 spiro atoms. The van der Waals surface area contributed by atoms with Gasteiger partial charge < -0.3 is 19.9 Å². The Morgan fingerprint density at radius 1 is 1.18 bits per heavy atom. The third kappa shape index (κ3) is 2.03. The van der Waals surface area contributed by atoms with Gasteiger partial charge in [-0.15, -0.1) is 0 Å². The summed E-state index contributed by atoms with van der Waals surface area (Å²) in [6.07, 6.45) is 0.860. The van der Waals surface area contributed by atoms with Gasteiger partial charge in [0, 0.05) is 12.6 Å². The first-order chi connectivity index (χ1) is 8.25. The van der Waals surface area contributed by atoms with Gasteiger partial charge in [0.25, 0.3) is 0 Å². The van der Waals surface area contributed by atoms with Crippen LogP contribution in [-0.2, 0) is 4.74 Å². The highest BCUT2D eigenvalue weighted by Crippen LogP contribution is 2.41. The van der Waals surface area contributed by atoms with Gasteiger partial charge in [0.05, 0.1) is 10.6 Å². The van der Waals surface area contributed by atoms with Crippen molar-refractivity contribution in [2.75, 3.05) is 19.8 Å². The summed E-state index contributed by atoms with van der Waals surface area (Å²) in [6.45, 7) is 1.89. The number of benzene rings is 1. The average molecular weight is 300 g/mol. The lowest BCUT2D eigenvalue weighted by Crippen LogP contribution is -2.24. The molecule has 0 bridgehead atoms. The Bertz CT molecular complexity index is 438. The molecule has 0 amide bonds. The molecule has 5 heteroatoms. The lowest BCUT2D eigenvalue weighted by atomic mass is 10.0. The lowest BCUT2D eigenvalue weighted by molar-refractivity contribution is 0.104. The van der Waals surface area contributed by atoms with E-state index in [1.165, 1.54) is 0 Å². The van der Waals surface area contributed by atoms with Crippen LogP contribution in [0.5, 0.6) is 11.5 Å². The molecule has 2 heterocycles. The molecule has 1 aromatic rings. The van der Waals surface area contributed by atoms with Crippen LogP contribution in [0.3, 0.4) is 0 Å². The zero-order chi connectivity index (χ0) is 11.8. The number of ether oxygens (including phenoxy) is 3. The number of hydrogen-bond donors (Lipinski definition) is 1. The molecule has 2 aliphatic heterocycles. The summed E-state index contributed by atoms with van der Waals surface area (Å²) < 4.78 is 17.7. The number of fused-ring (bicyclic) bond motifs is 1. The van der Waals surface area contributed by atoms with Gasteiger partial charge in [0.2, 0.25) is 0 Å². The van der Waals surface area contributed by atoms with Gasteiger partial charge in [-0.1, -0.05) is 0 Å². The molecule has 1 aromatic carbocycles. The maximum absolute atomic E-state index is 6.02. The van der Waals surface area contributed by atoms with E-state index < -0.39 is 0 Å². The molecule has 2 atom stereocenters. The first-order valence-electron chi connectivity index (χ1n) is 5.72. The van der Waals surface area contributed by atoms with Gasteiger partial charge in [0.1, 0.15) is 13.2 Å². The smallest absolute Gasteiger partial charge is 0.175 e. The molecule has 2 aliphatic rings. The minimum atomic E-state index is -0.0397. The van der Waals surface area contributed by atoms with Crippen molar-refractivity contribution in [2.24, 2.45) is 5.73 Å². The van der Waals surface area contributed by atoms with Gasteiger partial charge in [-0.2, -0.15) is 0 Å². The normalized spacial score (nSPS) is 27.2. The topological polar surface area (TPSA) is 53.7 Å². The zero-order valence-corrected chi connectivity index (χ0v) is 10.9. The van der Waals surface area contributed by atoms with Crippen LogP contribution >= 0.6 is 15.9 Å². The molecule has 2 N–H and O–H groups in total. The number of hydrogen-bond acceptors (Lipinski definition) is 4. The van der Waals surface area contributed by atoms with E-state index in [0.717, 1.165) is 34.6 Å². The zero-order valence-electron chi connectivity index (χ0n) is 9.32. The molecule has 1 fully saturated rings. The van der Waals surface area contributed by atoms with Crippen molar-refractivity contribution in [2.45, 2.75) is 18.6 Å². The Hall–Kier alpha value is -0.780. The minimum absolute atomic E-state index is 0.0397. The van der Waals surface area contributed by atoms with Crippen LogP contribution in [0.15, 0.2) is 16.6 Å². The number of rotatable bonds is 1. The Morgan fingerprint density at radius 2 is 2.00 bits per heavy atom. The summed E-state index contributed by atoms with van der Waals surface area (Å²) >= 11 is 3.50. The molecule has 0 saturated carbocycles. The van der Waals surface area contributed by atoms with Crippen molar-refractivity contribution >= 4 is 15.9 Å². The van der Waals surface area contributed by atoms with Crippen molar-refractivity contribution < 1.29 is 14.2 Å². The highest BCUT2D eigenvalue weighted by molar-refractivity contribution is 9.10. The van der Waals surface area contributed by atoms with E-state index in [4.69, 9.17) is 19.9 Å². The van der Waals surface area contributed by atoms with Crippen LogP contribution in [0.4, 0.5) is 0 Å². The van der Waals surface area contributed by atoms with Gasteiger partial charge in [-0.25, -0.2) is 0 Å². The molecular formula is C12H14BrNO3. The van der Waals surface area contributed by atoms with E-state index >= 15 is 0 Å². The van der Waals surface area contributed by atoms with E-state index in [0.29, 0.717) is 13.2 Å². The molecular weight excluding hydrogens is 286 g/mol. The fourth-order valence-corrected chi connectivity index (χ4v) is 2.82. The molecule has 3 rings (SSSR count). The predicted octanol–water partition coefficient (Wildman–Crippen LogP) is 2.01. The highest BCUT2D eigenvalue weighted by Gasteiger charge is 2.28. The second kappa shape index (κ2) is 4.48. The van der Waals surface area contributed by atoms with E-state index in [-0.39, 0.29) is 12.1 Å². The molecule has 1 saturated heterocycles. The SMILES string of the molecule is NC1CCOC1c1cc(Br)c2c(c1)OCCO2. The summed E-state index contributed by atoms with van der Waals surface area (Å²) in [5.41, 5.74) is 7.07. The molecule has 92 valence electrons. The van der Waals surface area contributed by atoms with Crippen LogP contribution in [0.2, 0.25) is 0 Å². The molecule has 4 nitrogen and oxygen atoms in total. The summed E-state index contributed by atoms with van der Waals surface area (Å²) in [4.78, 5) is 0. The van der Waals surface area contributed by atoms with Gasteiger partial charge in [0.15, 0.2) is 11.5 Å². The van der Waals surface area contributed by atoms with Crippen molar-refractivity contribution in [3.05, 3.63) is 22.2 Å². The van der Waals surface area contributed by atoms with Crippen LogP contribution in [-0.4, -0.2) is 25.9 Å². The van der Waals surface area contributed by atoms with E-state index in [1.807, 2.05) is 12.1 Å². The highest BCUT2D eigenvalue weighted by atomic mass is 79.9. The Morgan fingerprint density at radius 3 is 2.76 bits per heavy atom. The monoisotopic (exact) mass is 299 g/mol. The Balaban J connectivity index is 1.98. The predicted molar refractivity (Wildman–Crippen MR) is 66.4 cm³/mol. The van der Waals surface area contributed by atoms with E-state index in [9.17, 15) is 0 Å². The summed E-state index contributed by atoms with van der Waals surface area (Å²) in [7, 11) is 0. The maximum atomic E-state index is 6.02. The third-order valence-corrected chi connectivity index (χ3v) is 3.67. The third-order valence-electron chi connectivity index (χ3n) is 3.09. The second-order valence-electron chi connectivity index (χ2n) is 4.27. The molecule has 0 radical (unpaired) electrons. The molecule has 2 unspecified atom stereocenters. The van der Waals surface area contributed by atoms with Crippen LogP contribution in [0.25, 0.3) is 0 Å². The second-order valence-corrected chi connectivity index (χ2v) is 5.13. The first kappa shape index (κ1) is 11.3. The van der Waals surface area contributed by atoms with Crippen molar-refractivity contribution in [3.8, 4) is 11.5 Å². The largest absolute Gasteiger partial charge is 0.486 e. The summed E-state index contributed by atoms with van der Waals surface area (Å²) in [6, 6.07) is 4.03. The van der Waals surface area contributed by atoms with E-state index in [2.05, 4.69) is 15.9 Å². The number of nitrogens with two attached hydrogens (primary N) is 1. The van der Waals surface area contributed by atoms with Gasteiger partial charge in [-0.3, -0.25) is 0 Å². The quantitative estimate of drug-likeness (QED) is 0.862. The van der Waals surface area contributed by atoms with Crippen LogP contribution < -0.4 is 15.2 Å². The van der Waals surface area contributed by atoms with Crippen molar-refractivity contribution in [1.29, 1.82) is 0 Å². The van der Waals surface area contributed by atoms with Crippen LogP contribution in [0, 0.1) is 0 Å². The first-order valence-corrected chi connectivity index (χ1v) is 6.51. The van der Waals surface area contributed by atoms with Crippen molar-refractivity contribution in [1.82, 2.24) is 0 Å². The van der Waals surface area contributed by atoms with Crippen LogP contribution in [0.1, 0.15) is 18.1 Å². The summed E-state index contributed by atoms with van der Waals surface area (Å²) in [5.74, 6) is 1.54. The Kier molecular flexibility index (Phi) is 2.98. The maximum Gasteiger partial charge on any atom is 0.175 e. The standard InChI is InChI=1S/C12H14BrNO3/c13-8-5-7(11-9(14)1-2-16-11)6-10-12(8)17-4-3-15-10/h5-6,9,11H,1-4,14H2. The fraction of sp³-hybridized carbons (Fsp3) is 0.500. The molecule has 17 heavy (non-hydrogen) atoms.